The normalized spacial score (nSPS) is 12.3. The van der Waals surface area contributed by atoms with Crippen LogP contribution < -0.4 is 8.92 Å². The Bertz CT molecular complexity index is 945. The van der Waals surface area contributed by atoms with Gasteiger partial charge in [-0.15, -0.1) is 0 Å². The summed E-state index contributed by atoms with van der Waals surface area (Å²) >= 11 is 0. The predicted octanol–water partition coefficient (Wildman–Crippen LogP) is 3.61. The van der Waals surface area contributed by atoms with Gasteiger partial charge in [-0.25, -0.2) is 4.39 Å². The van der Waals surface area contributed by atoms with Crippen LogP contribution in [0.4, 0.5) is 4.39 Å². The molecule has 1 atom stereocenters. The topological polar surface area (TPSA) is 72.9 Å². The Balaban J connectivity index is 2.38. The van der Waals surface area contributed by atoms with Gasteiger partial charge in [-0.05, 0) is 43.2 Å². The molecule has 2 aromatic rings. The summed E-state index contributed by atoms with van der Waals surface area (Å²) in [6, 6.07) is 10.4. The molecule has 152 valence electrons. The van der Waals surface area contributed by atoms with Gasteiger partial charge in [0.15, 0.2) is 11.5 Å². The molecule has 0 aliphatic rings. The third-order valence-corrected chi connectivity index (χ3v) is 4.79. The maximum atomic E-state index is 14.1. The van der Waals surface area contributed by atoms with Gasteiger partial charge in [0.2, 0.25) is 0 Å². The molecule has 0 aromatic heterocycles. The average Bonchev–Trinajstić information content (AvgIpc) is 2.64. The number of halogens is 1. The van der Waals surface area contributed by atoms with Crippen LogP contribution in [0.25, 0.3) is 0 Å². The Kier molecular flexibility index (Phi) is 7.01. The summed E-state index contributed by atoms with van der Waals surface area (Å²) < 4.78 is 47.2. The van der Waals surface area contributed by atoms with E-state index in [1.54, 1.807) is 23.1 Å². The minimum Gasteiger partial charge on any atom is -0.493 e. The summed E-state index contributed by atoms with van der Waals surface area (Å²) in [5.74, 6) is -0.736. The highest BCUT2D eigenvalue weighted by Gasteiger charge is 2.24. The summed E-state index contributed by atoms with van der Waals surface area (Å²) in [6.07, 6.45) is 1.61. The van der Waals surface area contributed by atoms with Crippen LogP contribution in [-0.4, -0.2) is 38.6 Å². The molecule has 0 radical (unpaired) electrons. The van der Waals surface area contributed by atoms with Crippen molar-refractivity contribution in [2.45, 2.75) is 32.9 Å². The Labute approximate surface area is 165 Å². The van der Waals surface area contributed by atoms with E-state index in [-0.39, 0.29) is 29.6 Å². The van der Waals surface area contributed by atoms with Gasteiger partial charge in [-0.2, -0.15) is 8.42 Å². The Hall–Kier alpha value is -2.61. The number of hydrogen-bond donors (Lipinski definition) is 0. The molecule has 6 nitrogen and oxygen atoms in total. The molecule has 8 heteroatoms. The third-order valence-electron chi connectivity index (χ3n) is 4.31. The van der Waals surface area contributed by atoms with Crippen LogP contribution in [0.15, 0.2) is 42.5 Å². The van der Waals surface area contributed by atoms with Gasteiger partial charge < -0.3 is 13.8 Å². The molecule has 0 heterocycles. The minimum atomic E-state index is -3.75. The first-order chi connectivity index (χ1) is 13.2. The van der Waals surface area contributed by atoms with E-state index in [0.717, 1.165) is 6.26 Å². The van der Waals surface area contributed by atoms with Gasteiger partial charge in [0.05, 0.1) is 18.9 Å². The molecule has 0 bridgehead atoms. The smallest absolute Gasteiger partial charge is 0.306 e. The number of carbonyl (C=O) groups excluding carboxylic acids is 1. The second kappa shape index (κ2) is 9.05. The fourth-order valence-corrected chi connectivity index (χ4v) is 3.14. The third kappa shape index (κ3) is 5.45. The summed E-state index contributed by atoms with van der Waals surface area (Å²) in [5.41, 5.74) is 0.619. The SMILES string of the molecule is CCC(C)N(Cc1ccc(OC)c(OS(C)(=O)=O)c1)C(=O)c1ccccc1F. The maximum Gasteiger partial charge on any atom is 0.306 e. The van der Waals surface area contributed by atoms with Crippen LogP contribution in [-0.2, 0) is 16.7 Å². The summed E-state index contributed by atoms with van der Waals surface area (Å²) in [5, 5.41) is 0. The van der Waals surface area contributed by atoms with Crippen molar-refractivity contribution in [1.29, 1.82) is 0 Å². The number of methoxy groups -OCH3 is 1. The van der Waals surface area contributed by atoms with Crippen molar-refractivity contribution in [3.05, 3.63) is 59.4 Å². The van der Waals surface area contributed by atoms with Crippen LogP contribution in [0.2, 0.25) is 0 Å². The first kappa shape index (κ1) is 21.7. The van der Waals surface area contributed by atoms with Crippen LogP contribution in [0.3, 0.4) is 0 Å². The van der Waals surface area contributed by atoms with E-state index >= 15 is 0 Å². The standard InChI is InChI=1S/C20H24FNO5S/c1-5-14(2)22(20(23)16-8-6-7-9-17(16)21)13-15-10-11-18(26-3)19(12-15)27-28(4,24)25/h6-12,14H,5,13H2,1-4H3. The molecule has 0 saturated heterocycles. The van der Waals surface area contributed by atoms with Crippen molar-refractivity contribution in [3.63, 3.8) is 0 Å². The van der Waals surface area contributed by atoms with Crippen molar-refractivity contribution < 1.29 is 26.5 Å². The number of carbonyl (C=O) groups is 1. The van der Waals surface area contributed by atoms with Crippen LogP contribution in [0, 0.1) is 5.82 Å². The molecular weight excluding hydrogens is 385 g/mol. The minimum absolute atomic E-state index is 0.0103. The van der Waals surface area contributed by atoms with Gasteiger partial charge in [0.25, 0.3) is 5.91 Å². The summed E-state index contributed by atoms with van der Waals surface area (Å²) in [6.45, 7) is 3.96. The van der Waals surface area contributed by atoms with E-state index in [2.05, 4.69) is 0 Å². The van der Waals surface area contributed by atoms with Crippen molar-refractivity contribution in [1.82, 2.24) is 4.90 Å². The Morgan fingerprint density at radius 2 is 1.86 bits per heavy atom. The zero-order chi connectivity index (χ0) is 20.9. The molecule has 0 fully saturated rings. The van der Waals surface area contributed by atoms with Crippen LogP contribution >= 0.6 is 0 Å². The summed E-state index contributed by atoms with van der Waals surface area (Å²) in [7, 11) is -2.35. The van der Waals surface area contributed by atoms with Crippen LogP contribution in [0.1, 0.15) is 36.2 Å². The van der Waals surface area contributed by atoms with Gasteiger partial charge in [-0.3, -0.25) is 4.79 Å². The highest BCUT2D eigenvalue weighted by molar-refractivity contribution is 7.86. The fourth-order valence-electron chi connectivity index (χ4n) is 2.68. The molecule has 2 rings (SSSR count). The zero-order valence-corrected chi connectivity index (χ0v) is 17.1. The second-order valence-electron chi connectivity index (χ2n) is 6.44. The van der Waals surface area contributed by atoms with Gasteiger partial charge >= 0.3 is 10.1 Å². The highest BCUT2D eigenvalue weighted by Crippen LogP contribution is 2.30. The van der Waals surface area contributed by atoms with E-state index in [1.165, 1.54) is 31.4 Å². The van der Waals surface area contributed by atoms with E-state index in [4.69, 9.17) is 8.92 Å². The molecule has 2 aromatic carbocycles. The van der Waals surface area contributed by atoms with E-state index in [9.17, 15) is 17.6 Å². The first-order valence-corrected chi connectivity index (χ1v) is 10.6. The summed E-state index contributed by atoms with van der Waals surface area (Å²) in [4.78, 5) is 14.5. The monoisotopic (exact) mass is 409 g/mol. The lowest BCUT2D eigenvalue weighted by atomic mass is 10.1. The molecule has 1 amide bonds. The predicted molar refractivity (Wildman–Crippen MR) is 104 cm³/mol. The molecule has 0 spiro atoms. The zero-order valence-electron chi connectivity index (χ0n) is 16.3. The lowest BCUT2D eigenvalue weighted by Crippen LogP contribution is -2.38. The van der Waals surface area contributed by atoms with Crippen molar-refractivity contribution in [2.75, 3.05) is 13.4 Å². The lowest BCUT2D eigenvalue weighted by Gasteiger charge is -2.29. The largest absolute Gasteiger partial charge is 0.493 e. The number of nitrogens with zero attached hydrogens (tertiary/aromatic N) is 1. The van der Waals surface area contributed by atoms with Crippen molar-refractivity contribution in [2.24, 2.45) is 0 Å². The molecule has 0 aliphatic carbocycles. The number of rotatable bonds is 8. The van der Waals surface area contributed by atoms with E-state index in [1.807, 2.05) is 13.8 Å². The average molecular weight is 409 g/mol. The van der Waals surface area contributed by atoms with Gasteiger partial charge in [0, 0.05) is 12.6 Å². The maximum absolute atomic E-state index is 14.1. The highest BCUT2D eigenvalue weighted by atomic mass is 32.2. The van der Waals surface area contributed by atoms with Crippen LogP contribution in [0.5, 0.6) is 11.5 Å². The molecule has 1 unspecified atom stereocenters. The Morgan fingerprint density at radius 1 is 1.18 bits per heavy atom. The van der Waals surface area contributed by atoms with Gasteiger partial charge in [0.1, 0.15) is 5.82 Å². The second-order valence-corrected chi connectivity index (χ2v) is 8.02. The van der Waals surface area contributed by atoms with Crippen molar-refractivity contribution in [3.8, 4) is 11.5 Å². The first-order valence-electron chi connectivity index (χ1n) is 8.78. The van der Waals surface area contributed by atoms with Crippen molar-refractivity contribution >= 4 is 16.0 Å². The van der Waals surface area contributed by atoms with E-state index < -0.39 is 21.8 Å². The molecule has 0 N–H and O–H groups in total. The number of ether oxygens (including phenoxy) is 1. The number of hydrogen-bond acceptors (Lipinski definition) is 5. The molecule has 0 aliphatic heterocycles. The molecule has 0 saturated carbocycles. The quantitative estimate of drug-likeness (QED) is 0.623. The number of benzene rings is 2. The number of amides is 1. The molecular formula is C20H24FNO5S. The van der Waals surface area contributed by atoms with Gasteiger partial charge in [-0.1, -0.05) is 25.1 Å². The lowest BCUT2D eigenvalue weighted by molar-refractivity contribution is 0.0666. The molecule has 28 heavy (non-hydrogen) atoms. The fraction of sp³-hybridized carbons (Fsp3) is 0.350. The van der Waals surface area contributed by atoms with E-state index in [0.29, 0.717) is 12.0 Å². The Morgan fingerprint density at radius 3 is 2.43 bits per heavy atom.